The number of halogens is 1. The molecule has 1 aromatic carbocycles. The molecule has 0 saturated heterocycles. The number of nitrogens with one attached hydrogen (secondary N) is 2. The number of nitrogens with zero attached hydrogens (tertiary/aromatic N) is 1. The molecule has 1 atom stereocenters. The van der Waals surface area contributed by atoms with Crippen LogP contribution in [0.3, 0.4) is 0 Å². The van der Waals surface area contributed by atoms with Crippen LogP contribution in [0, 0.1) is 0 Å². The SMILES string of the molecule is CCC(NC(=O)c1ccccc1Br)c1ncc[nH]1. The molecule has 0 aliphatic rings. The Morgan fingerprint density at radius 1 is 1.50 bits per heavy atom. The number of benzene rings is 1. The average Bonchev–Trinajstić information content (AvgIpc) is 2.90. The van der Waals surface area contributed by atoms with Crippen LogP contribution in [0.2, 0.25) is 0 Å². The van der Waals surface area contributed by atoms with Crippen LogP contribution < -0.4 is 5.32 Å². The third kappa shape index (κ3) is 2.79. The van der Waals surface area contributed by atoms with Gasteiger partial charge in [0.05, 0.1) is 11.6 Å². The summed E-state index contributed by atoms with van der Waals surface area (Å²) in [6.07, 6.45) is 4.22. The van der Waals surface area contributed by atoms with E-state index in [1.165, 1.54) is 0 Å². The van der Waals surface area contributed by atoms with E-state index in [-0.39, 0.29) is 11.9 Å². The summed E-state index contributed by atoms with van der Waals surface area (Å²) in [6, 6.07) is 7.26. The fraction of sp³-hybridized carbons (Fsp3) is 0.231. The molecular formula is C13H14BrN3O. The number of carbonyl (C=O) groups excluding carboxylic acids is 1. The van der Waals surface area contributed by atoms with Gasteiger partial charge in [0.25, 0.3) is 5.91 Å². The van der Waals surface area contributed by atoms with E-state index in [9.17, 15) is 4.79 Å². The van der Waals surface area contributed by atoms with Gasteiger partial charge in [-0.2, -0.15) is 0 Å². The van der Waals surface area contributed by atoms with Crippen molar-refractivity contribution in [2.75, 3.05) is 0 Å². The standard InChI is InChI=1S/C13H14BrN3O/c1-2-11(12-15-7-8-16-12)17-13(18)9-5-3-4-6-10(9)14/h3-8,11H,2H2,1H3,(H,15,16)(H,17,18). The number of amides is 1. The van der Waals surface area contributed by atoms with Gasteiger partial charge in [-0.05, 0) is 34.5 Å². The van der Waals surface area contributed by atoms with Crippen molar-refractivity contribution in [1.82, 2.24) is 15.3 Å². The highest BCUT2D eigenvalue weighted by Gasteiger charge is 2.17. The summed E-state index contributed by atoms with van der Waals surface area (Å²) in [7, 11) is 0. The van der Waals surface area contributed by atoms with E-state index in [0.29, 0.717) is 5.56 Å². The van der Waals surface area contributed by atoms with Crippen LogP contribution in [0.4, 0.5) is 0 Å². The highest BCUT2D eigenvalue weighted by Crippen LogP contribution is 2.18. The maximum absolute atomic E-state index is 12.1. The Balaban J connectivity index is 2.14. The van der Waals surface area contributed by atoms with E-state index >= 15 is 0 Å². The summed E-state index contributed by atoms with van der Waals surface area (Å²) >= 11 is 3.37. The number of aromatic amines is 1. The Kier molecular flexibility index (Phi) is 4.15. The fourth-order valence-electron chi connectivity index (χ4n) is 1.71. The Hall–Kier alpha value is -1.62. The molecule has 5 heteroatoms. The molecule has 0 fully saturated rings. The lowest BCUT2D eigenvalue weighted by atomic mass is 10.1. The van der Waals surface area contributed by atoms with Crippen LogP contribution in [0.1, 0.15) is 35.6 Å². The molecular weight excluding hydrogens is 294 g/mol. The maximum atomic E-state index is 12.1. The first kappa shape index (κ1) is 12.8. The van der Waals surface area contributed by atoms with Crippen molar-refractivity contribution in [3.8, 4) is 0 Å². The summed E-state index contributed by atoms with van der Waals surface area (Å²) in [6.45, 7) is 2.01. The van der Waals surface area contributed by atoms with E-state index in [4.69, 9.17) is 0 Å². The number of aromatic nitrogens is 2. The summed E-state index contributed by atoms with van der Waals surface area (Å²) in [5, 5.41) is 2.96. The van der Waals surface area contributed by atoms with Crippen LogP contribution in [-0.4, -0.2) is 15.9 Å². The maximum Gasteiger partial charge on any atom is 0.253 e. The van der Waals surface area contributed by atoms with Gasteiger partial charge < -0.3 is 10.3 Å². The van der Waals surface area contributed by atoms with Crippen molar-refractivity contribution < 1.29 is 4.79 Å². The second kappa shape index (κ2) is 5.82. The lowest BCUT2D eigenvalue weighted by molar-refractivity contribution is 0.0933. The van der Waals surface area contributed by atoms with Crippen LogP contribution in [0.5, 0.6) is 0 Å². The van der Waals surface area contributed by atoms with Gasteiger partial charge in [0, 0.05) is 16.9 Å². The average molecular weight is 308 g/mol. The molecule has 1 aromatic heterocycles. The van der Waals surface area contributed by atoms with Crippen molar-refractivity contribution in [1.29, 1.82) is 0 Å². The molecule has 0 saturated carbocycles. The van der Waals surface area contributed by atoms with Crippen molar-refractivity contribution in [2.45, 2.75) is 19.4 Å². The number of imidazole rings is 1. The van der Waals surface area contributed by atoms with Gasteiger partial charge in [-0.3, -0.25) is 4.79 Å². The number of carbonyl (C=O) groups is 1. The van der Waals surface area contributed by atoms with Crippen LogP contribution in [0.15, 0.2) is 41.1 Å². The lowest BCUT2D eigenvalue weighted by Crippen LogP contribution is -2.29. The number of hydrogen-bond donors (Lipinski definition) is 2. The molecule has 0 radical (unpaired) electrons. The smallest absolute Gasteiger partial charge is 0.253 e. The van der Waals surface area contributed by atoms with E-state index < -0.39 is 0 Å². The highest BCUT2D eigenvalue weighted by atomic mass is 79.9. The molecule has 1 unspecified atom stereocenters. The zero-order chi connectivity index (χ0) is 13.0. The zero-order valence-electron chi connectivity index (χ0n) is 9.98. The molecule has 2 aromatic rings. The fourth-order valence-corrected chi connectivity index (χ4v) is 2.18. The second-order valence-corrected chi connectivity index (χ2v) is 4.74. The minimum Gasteiger partial charge on any atom is -0.347 e. The van der Waals surface area contributed by atoms with Crippen molar-refractivity contribution in [3.63, 3.8) is 0 Å². The van der Waals surface area contributed by atoms with Crippen molar-refractivity contribution >= 4 is 21.8 Å². The molecule has 2 rings (SSSR count). The Bertz CT molecular complexity index is 525. The van der Waals surface area contributed by atoms with Crippen LogP contribution in [-0.2, 0) is 0 Å². The molecule has 4 nitrogen and oxygen atoms in total. The van der Waals surface area contributed by atoms with E-state index in [1.54, 1.807) is 18.5 Å². The molecule has 0 aliphatic heterocycles. The van der Waals surface area contributed by atoms with Gasteiger partial charge in [0.2, 0.25) is 0 Å². The van der Waals surface area contributed by atoms with Gasteiger partial charge in [-0.1, -0.05) is 19.1 Å². The third-order valence-corrected chi connectivity index (χ3v) is 3.37. The Labute approximate surface area is 114 Å². The van der Waals surface area contributed by atoms with Gasteiger partial charge in [0.1, 0.15) is 5.82 Å². The minimum atomic E-state index is -0.106. The summed E-state index contributed by atoms with van der Waals surface area (Å²) < 4.78 is 0.789. The minimum absolute atomic E-state index is 0.0976. The van der Waals surface area contributed by atoms with Crippen LogP contribution in [0.25, 0.3) is 0 Å². The summed E-state index contributed by atoms with van der Waals surface area (Å²) in [4.78, 5) is 19.3. The first-order chi connectivity index (χ1) is 8.72. The second-order valence-electron chi connectivity index (χ2n) is 3.89. The summed E-state index contributed by atoms with van der Waals surface area (Å²) in [5.74, 6) is 0.670. The lowest BCUT2D eigenvalue weighted by Gasteiger charge is -2.15. The molecule has 0 spiro atoms. The molecule has 0 aliphatic carbocycles. The Morgan fingerprint density at radius 2 is 2.28 bits per heavy atom. The highest BCUT2D eigenvalue weighted by molar-refractivity contribution is 9.10. The first-order valence-electron chi connectivity index (χ1n) is 5.77. The molecule has 0 bridgehead atoms. The van der Waals surface area contributed by atoms with Gasteiger partial charge in [-0.15, -0.1) is 0 Å². The molecule has 2 N–H and O–H groups in total. The van der Waals surface area contributed by atoms with Gasteiger partial charge in [-0.25, -0.2) is 4.98 Å². The molecule has 18 heavy (non-hydrogen) atoms. The number of H-pyrrole nitrogens is 1. The normalized spacial score (nSPS) is 12.1. The molecule has 1 amide bonds. The van der Waals surface area contributed by atoms with Crippen LogP contribution >= 0.6 is 15.9 Å². The third-order valence-electron chi connectivity index (χ3n) is 2.68. The van der Waals surface area contributed by atoms with E-state index in [2.05, 4.69) is 31.2 Å². The monoisotopic (exact) mass is 307 g/mol. The van der Waals surface area contributed by atoms with Gasteiger partial charge in [0.15, 0.2) is 0 Å². The first-order valence-corrected chi connectivity index (χ1v) is 6.56. The molecule has 94 valence electrons. The predicted molar refractivity (Wildman–Crippen MR) is 73.2 cm³/mol. The summed E-state index contributed by atoms with van der Waals surface area (Å²) in [5.41, 5.74) is 0.627. The number of hydrogen-bond acceptors (Lipinski definition) is 2. The molecule has 1 heterocycles. The van der Waals surface area contributed by atoms with E-state index in [0.717, 1.165) is 16.7 Å². The topological polar surface area (TPSA) is 57.8 Å². The quantitative estimate of drug-likeness (QED) is 0.912. The van der Waals surface area contributed by atoms with Crippen molar-refractivity contribution in [3.05, 3.63) is 52.5 Å². The predicted octanol–water partition coefficient (Wildman–Crippen LogP) is 3.05. The Morgan fingerprint density at radius 3 is 2.89 bits per heavy atom. The van der Waals surface area contributed by atoms with Crippen molar-refractivity contribution in [2.24, 2.45) is 0 Å². The van der Waals surface area contributed by atoms with E-state index in [1.807, 2.05) is 25.1 Å². The zero-order valence-corrected chi connectivity index (χ0v) is 11.6. The largest absolute Gasteiger partial charge is 0.347 e. The number of rotatable bonds is 4. The van der Waals surface area contributed by atoms with Gasteiger partial charge >= 0.3 is 0 Å².